The molecule has 0 aliphatic rings. The summed E-state index contributed by atoms with van der Waals surface area (Å²) in [7, 11) is 0. The fourth-order valence-electron chi connectivity index (χ4n) is 1.47. The SMILES string of the molecule is CCC(CO)(CO)NC(=O)c1cc(Cl)c(N)c(Cl)c1. The number of nitrogen functional groups attached to an aromatic ring is 1. The van der Waals surface area contributed by atoms with Crippen molar-refractivity contribution < 1.29 is 15.0 Å². The van der Waals surface area contributed by atoms with Crippen LogP contribution >= 0.6 is 23.2 Å². The summed E-state index contributed by atoms with van der Waals surface area (Å²) in [5, 5.41) is 21.5. The van der Waals surface area contributed by atoms with E-state index in [1.165, 1.54) is 12.1 Å². The van der Waals surface area contributed by atoms with E-state index in [0.29, 0.717) is 6.42 Å². The van der Waals surface area contributed by atoms with Gasteiger partial charge >= 0.3 is 0 Å². The molecule has 5 nitrogen and oxygen atoms in total. The van der Waals surface area contributed by atoms with Gasteiger partial charge in [-0.05, 0) is 18.6 Å². The highest BCUT2D eigenvalue weighted by Crippen LogP contribution is 2.29. The number of amides is 1. The summed E-state index contributed by atoms with van der Waals surface area (Å²) in [6.07, 6.45) is 0.377. The van der Waals surface area contributed by atoms with E-state index in [1.807, 2.05) is 0 Å². The smallest absolute Gasteiger partial charge is 0.251 e. The van der Waals surface area contributed by atoms with E-state index in [4.69, 9.17) is 28.9 Å². The molecule has 0 unspecified atom stereocenters. The number of nitrogens with one attached hydrogen (secondary N) is 1. The number of nitrogens with two attached hydrogens (primary N) is 1. The Hall–Kier alpha value is -1.01. The van der Waals surface area contributed by atoms with Crippen LogP contribution in [0.1, 0.15) is 23.7 Å². The first kappa shape index (κ1) is 16.0. The van der Waals surface area contributed by atoms with Gasteiger partial charge in [-0.2, -0.15) is 0 Å². The van der Waals surface area contributed by atoms with Crippen molar-refractivity contribution in [2.45, 2.75) is 18.9 Å². The first-order valence-electron chi connectivity index (χ1n) is 5.68. The highest BCUT2D eigenvalue weighted by molar-refractivity contribution is 6.39. The maximum absolute atomic E-state index is 12.1. The first-order valence-corrected chi connectivity index (χ1v) is 6.43. The Morgan fingerprint density at radius 3 is 2.16 bits per heavy atom. The average molecular weight is 307 g/mol. The molecular formula is C12H16Cl2N2O3. The van der Waals surface area contributed by atoms with Crippen molar-refractivity contribution in [2.24, 2.45) is 0 Å². The van der Waals surface area contributed by atoms with E-state index in [9.17, 15) is 15.0 Å². The van der Waals surface area contributed by atoms with Crippen molar-refractivity contribution in [3.63, 3.8) is 0 Å². The molecule has 0 aromatic heterocycles. The number of rotatable bonds is 5. The third kappa shape index (κ3) is 3.51. The minimum Gasteiger partial charge on any atom is -0.396 e. The van der Waals surface area contributed by atoms with Crippen LogP contribution < -0.4 is 11.1 Å². The monoisotopic (exact) mass is 306 g/mol. The predicted molar refractivity (Wildman–Crippen MR) is 75.5 cm³/mol. The van der Waals surface area contributed by atoms with E-state index in [0.717, 1.165) is 0 Å². The van der Waals surface area contributed by atoms with Gasteiger partial charge in [-0.15, -0.1) is 0 Å². The van der Waals surface area contributed by atoms with E-state index < -0.39 is 11.4 Å². The quantitative estimate of drug-likeness (QED) is 0.619. The van der Waals surface area contributed by atoms with Gasteiger partial charge in [-0.3, -0.25) is 4.79 Å². The van der Waals surface area contributed by atoms with Crippen LogP contribution in [0.25, 0.3) is 0 Å². The normalized spacial score (nSPS) is 11.4. The Morgan fingerprint density at radius 2 is 1.79 bits per heavy atom. The van der Waals surface area contributed by atoms with Gasteiger partial charge in [-0.25, -0.2) is 0 Å². The second kappa shape index (κ2) is 6.43. The molecule has 0 bridgehead atoms. The molecule has 0 heterocycles. The molecule has 0 atom stereocenters. The molecule has 1 aromatic carbocycles. The van der Waals surface area contributed by atoms with Crippen LogP contribution in [-0.4, -0.2) is 34.9 Å². The van der Waals surface area contributed by atoms with Crippen molar-refractivity contribution in [1.29, 1.82) is 0 Å². The highest BCUT2D eigenvalue weighted by Gasteiger charge is 2.29. The molecule has 0 saturated heterocycles. The Bertz CT molecular complexity index is 445. The summed E-state index contributed by atoms with van der Waals surface area (Å²) in [5.74, 6) is -0.492. The Balaban J connectivity index is 3.01. The number of halogens is 2. The summed E-state index contributed by atoms with van der Waals surface area (Å²) >= 11 is 11.7. The van der Waals surface area contributed by atoms with Crippen molar-refractivity contribution in [3.8, 4) is 0 Å². The maximum atomic E-state index is 12.1. The lowest BCUT2D eigenvalue weighted by atomic mass is 9.98. The summed E-state index contributed by atoms with van der Waals surface area (Å²) in [5.41, 5.74) is 4.92. The summed E-state index contributed by atoms with van der Waals surface area (Å²) in [6.45, 7) is 1.00. The largest absolute Gasteiger partial charge is 0.396 e. The molecule has 0 fully saturated rings. The van der Waals surface area contributed by atoms with Crippen LogP contribution in [0.2, 0.25) is 10.0 Å². The van der Waals surface area contributed by atoms with Gasteiger partial charge < -0.3 is 21.3 Å². The van der Waals surface area contributed by atoms with Crippen LogP contribution in [0, 0.1) is 0 Å². The lowest BCUT2D eigenvalue weighted by Crippen LogP contribution is -2.53. The van der Waals surface area contributed by atoms with Crippen LogP contribution in [0.15, 0.2) is 12.1 Å². The van der Waals surface area contributed by atoms with Crippen molar-refractivity contribution >= 4 is 34.8 Å². The number of hydrogen-bond acceptors (Lipinski definition) is 4. The molecule has 1 aromatic rings. The first-order chi connectivity index (χ1) is 8.89. The van der Waals surface area contributed by atoms with Crippen molar-refractivity contribution in [3.05, 3.63) is 27.7 Å². The van der Waals surface area contributed by atoms with Gasteiger partial charge in [0, 0.05) is 5.56 Å². The third-order valence-corrected chi connectivity index (χ3v) is 3.63. The number of carbonyl (C=O) groups is 1. The topological polar surface area (TPSA) is 95.6 Å². The molecule has 1 amide bonds. The van der Waals surface area contributed by atoms with Crippen LogP contribution in [0.4, 0.5) is 5.69 Å². The lowest BCUT2D eigenvalue weighted by molar-refractivity contribution is 0.0653. The fourth-order valence-corrected chi connectivity index (χ4v) is 1.96. The van der Waals surface area contributed by atoms with Crippen LogP contribution in [-0.2, 0) is 0 Å². The molecule has 5 N–H and O–H groups in total. The van der Waals surface area contributed by atoms with Crippen LogP contribution in [0.5, 0.6) is 0 Å². The van der Waals surface area contributed by atoms with E-state index >= 15 is 0 Å². The molecule has 106 valence electrons. The second-order valence-electron chi connectivity index (χ2n) is 4.26. The summed E-state index contributed by atoms with van der Waals surface area (Å²) in [4.78, 5) is 12.1. The molecule has 0 saturated carbocycles. The average Bonchev–Trinajstić information content (AvgIpc) is 2.41. The molecule has 0 spiro atoms. The molecule has 0 aliphatic heterocycles. The zero-order valence-corrected chi connectivity index (χ0v) is 11.9. The van der Waals surface area contributed by atoms with Gasteiger partial charge in [0.2, 0.25) is 0 Å². The van der Waals surface area contributed by atoms with E-state index in [-0.39, 0.29) is 34.5 Å². The Kier molecular flexibility index (Phi) is 5.43. The lowest BCUT2D eigenvalue weighted by Gasteiger charge is -2.29. The number of anilines is 1. The highest BCUT2D eigenvalue weighted by atomic mass is 35.5. The predicted octanol–water partition coefficient (Wildman–Crippen LogP) is 1.44. The van der Waals surface area contributed by atoms with E-state index in [2.05, 4.69) is 5.32 Å². The summed E-state index contributed by atoms with van der Waals surface area (Å²) in [6, 6.07) is 2.76. The van der Waals surface area contributed by atoms with Gasteiger partial charge in [0.15, 0.2) is 0 Å². The molecule has 1 rings (SSSR count). The molecular weight excluding hydrogens is 291 g/mol. The van der Waals surface area contributed by atoms with Crippen LogP contribution in [0.3, 0.4) is 0 Å². The zero-order chi connectivity index (χ0) is 14.6. The van der Waals surface area contributed by atoms with Crippen molar-refractivity contribution in [1.82, 2.24) is 5.32 Å². The van der Waals surface area contributed by atoms with Gasteiger partial charge in [0.1, 0.15) is 0 Å². The summed E-state index contributed by atoms with van der Waals surface area (Å²) < 4.78 is 0. The van der Waals surface area contributed by atoms with Gasteiger partial charge in [0.05, 0.1) is 34.5 Å². The second-order valence-corrected chi connectivity index (χ2v) is 5.07. The zero-order valence-electron chi connectivity index (χ0n) is 10.4. The minimum absolute atomic E-state index is 0.174. The number of benzene rings is 1. The number of aliphatic hydroxyl groups excluding tert-OH is 2. The Morgan fingerprint density at radius 1 is 1.32 bits per heavy atom. The Labute approximate surface area is 121 Å². The number of carbonyl (C=O) groups excluding carboxylic acids is 1. The minimum atomic E-state index is -1.07. The fraction of sp³-hybridized carbons (Fsp3) is 0.417. The number of hydrogen-bond donors (Lipinski definition) is 4. The standard InChI is InChI=1S/C12H16Cl2N2O3/c1-2-12(5-17,6-18)16-11(19)7-3-8(13)10(15)9(14)4-7/h3-4,17-18H,2,5-6,15H2,1H3,(H,16,19). The van der Waals surface area contributed by atoms with Gasteiger partial charge in [-0.1, -0.05) is 30.1 Å². The molecule has 0 radical (unpaired) electrons. The maximum Gasteiger partial charge on any atom is 0.251 e. The molecule has 19 heavy (non-hydrogen) atoms. The number of aliphatic hydroxyl groups is 2. The van der Waals surface area contributed by atoms with E-state index in [1.54, 1.807) is 6.92 Å². The third-order valence-electron chi connectivity index (χ3n) is 3.00. The molecule has 0 aliphatic carbocycles. The molecule has 7 heteroatoms. The van der Waals surface area contributed by atoms with Crippen molar-refractivity contribution in [2.75, 3.05) is 18.9 Å². The van der Waals surface area contributed by atoms with Gasteiger partial charge in [0.25, 0.3) is 5.91 Å².